The molecule has 3 nitrogen and oxygen atoms in total. The van der Waals surface area contributed by atoms with Gasteiger partial charge in [0, 0.05) is 12.6 Å². The van der Waals surface area contributed by atoms with Gasteiger partial charge in [0.15, 0.2) is 0 Å². The highest BCUT2D eigenvalue weighted by molar-refractivity contribution is 5.81. The van der Waals surface area contributed by atoms with Gasteiger partial charge in [0.25, 0.3) is 0 Å². The number of hydrogen-bond donors (Lipinski definition) is 2. The number of carbonyl (C=O) groups is 1. The predicted octanol–water partition coefficient (Wildman–Crippen LogP) is 1.69. The summed E-state index contributed by atoms with van der Waals surface area (Å²) in [5.41, 5.74) is 6.42. The maximum atomic E-state index is 11.9. The van der Waals surface area contributed by atoms with Crippen LogP contribution in [0.2, 0.25) is 0 Å². The van der Waals surface area contributed by atoms with Crippen molar-refractivity contribution in [3.05, 3.63) is 12.2 Å². The molecule has 0 heterocycles. The van der Waals surface area contributed by atoms with Crippen molar-refractivity contribution < 1.29 is 4.79 Å². The minimum atomic E-state index is -0.0185. The molecular formula is C14H24N2O. The first-order chi connectivity index (χ1) is 7.76. The van der Waals surface area contributed by atoms with Gasteiger partial charge >= 0.3 is 0 Å². The molecule has 2 aliphatic carbocycles. The number of rotatable bonds is 3. The number of carbonyl (C=O) groups excluding carboxylic acids is 1. The summed E-state index contributed by atoms with van der Waals surface area (Å²) in [5, 5.41) is 3.07. The third-order valence-electron chi connectivity index (χ3n) is 5.25. The first kappa shape index (κ1) is 12.6. The van der Waals surface area contributed by atoms with Crippen LogP contribution >= 0.6 is 0 Å². The van der Waals surface area contributed by atoms with Gasteiger partial charge in [-0.25, -0.2) is 0 Å². The van der Waals surface area contributed by atoms with Crippen LogP contribution in [-0.4, -0.2) is 18.5 Å². The molecule has 1 amide bonds. The van der Waals surface area contributed by atoms with Crippen LogP contribution in [0.5, 0.6) is 0 Å². The first-order valence-electron chi connectivity index (χ1n) is 6.48. The molecule has 0 bridgehead atoms. The van der Waals surface area contributed by atoms with Crippen LogP contribution in [-0.2, 0) is 4.79 Å². The Balaban J connectivity index is 1.81. The lowest BCUT2D eigenvalue weighted by molar-refractivity contribution is -0.123. The molecule has 96 valence electrons. The standard InChI is InChI=1S/C14H24N2O/c1-13(2)11(14(13,3)4)8-16-12(17)9-5-6-10(15)7-9/h5-6,9-11H,7-8,15H2,1-4H3,(H,16,17). The zero-order chi connectivity index (χ0) is 12.8. The smallest absolute Gasteiger partial charge is 0.227 e. The SMILES string of the molecule is CC1(C)C(CNC(=O)C2C=CC(N)C2)C1(C)C. The Morgan fingerprint density at radius 1 is 1.29 bits per heavy atom. The van der Waals surface area contributed by atoms with E-state index in [1.807, 2.05) is 12.2 Å². The van der Waals surface area contributed by atoms with E-state index in [4.69, 9.17) is 5.73 Å². The molecule has 2 atom stereocenters. The van der Waals surface area contributed by atoms with E-state index in [0.29, 0.717) is 16.7 Å². The molecule has 2 unspecified atom stereocenters. The van der Waals surface area contributed by atoms with Gasteiger partial charge in [0.1, 0.15) is 0 Å². The lowest BCUT2D eigenvalue weighted by Gasteiger charge is -2.11. The summed E-state index contributed by atoms with van der Waals surface area (Å²) in [6.45, 7) is 9.88. The molecule has 17 heavy (non-hydrogen) atoms. The minimum absolute atomic E-state index is 0.0185. The minimum Gasteiger partial charge on any atom is -0.355 e. The zero-order valence-corrected chi connectivity index (χ0v) is 11.3. The number of nitrogens with one attached hydrogen (secondary N) is 1. The lowest BCUT2D eigenvalue weighted by Crippen LogP contribution is -2.33. The summed E-state index contributed by atoms with van der Waals surface area (Å²) in [4.78, 5) is 11.9. The third-order valence-corrected chi connectivity index (χ3v) is 5.25. The van der Waals surface area contributed by atoms with E-state index in [9.17, 15) is 4.79 Å². The summed E-state index contributed by atoms with van der Waals surface area (Å²) in [7, 11) is 0. The van der Waals surface area contributed by atoms with Crippen LogP contribution in [0.3, 0.4) is 0 Å². The van der Waals surface area contributed by atoms with Crippen LogP contribution in [0.25, 0.3) is 0 Å². The molecule has 0 radical (unpaired) electrons. The monoisotopic (exact) mass is 236 g/mol. The zero-order valence-electron chi connectivity index (χ0n) is 11.3. The molecule has 3 heteroatoms. The molecular weight excluding hydrogens is 212 g/mol. The lowest BCUT2D eigenvalue weighted by atomic mass is 10.0. The second kappa shape index (κ2) is 3.84. The normalized spacial score (nSPS) is 33.7. The second-order valence-corrected chi connectivity index (χ2v) is 6.63. The predicted molar refractivity (Wildman–Crippen MR) is 69.3 cm³/mol. The number of nitrogens with two attached hydrogens (primary N) is 1. The molecule has 1 saturated carbocycles. The number of hydrogen-bond acceptors (Lipinski definition) is 2. The fourth-order valence-corrected chi connectivity index (χ4v) is 3.10. The topological polar surface area (TPSA) is 55.1 Å². The van der Waals surface area contributed by atoms with Gasteiger partial charge in [-0.15, -0.1) is 0 Å². The van der Waals surface area contributed by atoms with Gasteiger partial charge in [-0.2, -0.15) is 0 Å². The van der Waals surface area contributed by atoms with E-state index < -0.39 is 0 Å². The third kappa shape index (κ3) is 2.01. The fraction of sp³-hybridized carbons (Fsp3) is 0.786. The summed E-state index contributed by atoms with van der Waals surface area (Å²) in [6.07, 6.45) is 4.61. The van der Waals surface area contributed by atoms with Crippen molar-refractivity contribution in [1.82, 2.24) is 5.32 Å². The van der Waals surface area contributed by atoms with Crippen molar-refractivity contribution in [2.75, 3.05) is 6.54 Å². The molecule has 1 fully saturated rings. The highest BCUT2D eigenvalue weighted by atomic mass is 16.1. The maximum absolute atomic E-state index is 11.9. The summed E-state index contributed by atoms with van der Waals surface area (Å²) >= 11 is 0. The quantitative estimate of drug-likeness (QED) is 0.733. The molecule has 2 rings (SSSR count). The average molecular weight is 236 g/mol. The van der Waals surface area contributed by atoms with E-state index in [1.165, 1.54) is 0 Å². The molecule has 0 spiro atoms. The molecule has 3 N–H and O–H groups in total. The highest BCUT2D eigenvalue weighted by Crippen LogP contribution is 2.67. The first-order valence-corrected chi connectivity index (χ1v) is 6.48. The van der Waals surface area contributed by atoms with Crippen molar-refractivity contribution in [3.63, 3.8) is 0 Å². The van der Waals surface area contributed by atoms with Crippen LogP contribution in [0.4, 0.5) is 0 Å². The maximum Gasteiger partial charge on any atom is 0.227 e. The Bertz CT molecular complexity index is 343. The van der Waals surface area contributed by atoms with E-state index in [0.717, 1.165) is 13.0 Å². The summed E-state index contributed by atoms with van der Waals surface area (Å²) in [6, 6.07) is 0.0551. The molecule has 0 aromatic heterocycles. The Hall–Kier alpha value is -0.830. The van der Waals surface area contributed by atoms with Gasteiger partial charge in [0.2, 0.25) is 5.91 Å². The van der Waals surface area contributed by atoms with Crippen molar-refractivity contribution in [3.8, 4) is 0 Å². The van der Waals surface area contributed by atoms with Crippen LogP contribution in [0, 0.1) is 22.7 Å². The Morgan fingerprint density at radius 2 is 1.88 bits per heavy atom. The van der Waals surface area contributed by atoms with Crippen molar-refractivity contribution in [1.29, 1.82) is 0 Å². The summed E-state index contributed by atoms with van der Waals surface area (Å²) in [5.74, 6) is 0.695. The highest BCUT2D eigenvalue weighted by Gasteiger charge is 2.64. The van der Waals surface area contributed by atoms with E-state index in [-0.39, 0.29) is 17.9 Å². The van der Waals surface area contributed by atoms with Gasteiger partial charge in [-0.3, -0.25) is 4.79 Å². The fourth-order valence-electron chi connectivity index (χ4n) is 3.10. The van der Waals surface area contributed by atoms with Crippen molar-refractivity contribution >= 4 is 5.91 Å². The van der Waals surface area contributed by atoms with Crippen molar-refractivity contribution in [2.45, 2.75) is 40.2 Å². The van der Waals surface area contributed by atoms with Gasteiger partial charge in [-0.05, 0) is 23.2 Å². The second-order valence-electron chi connectivity index (χ2n) is 6.63. The Kier molecular flexibility index (Phi) is 2.85. The van der Waals surface area contributed by atoms with Gasteiger partial charge in [0.05, 0.1) is 5.92 Å². The largest absolute Gasteiger partial charge is 0.355 e. The van der Waals surface area contributed by atoms with Crippen LogP contribution in [0.1, 0.15) is 34.1 Å². The Labute approximate surface area is 104 Å². The summed E-state index contributed by atoms with van der Waals surface area (Å²) < 4.78 is 0. The van der Waals surface area contributed by atoms with E-state index in [2.05, 4.69) is 33.0 Å². The van der Waals surface area contributed by atoms with E-state index in [1.54, 1.807) is 0 Å². The molecule has 2 aliphatic rings. The van der Waals surface area contributed by atoms with Crippen LogP contribution in [0.15, 0.2) is 12.2 Å². The molecule has 0 saturated heterocycles. The molecule has 0 aliphatic heterocycles. The molecule has 0 aromatic rings. The average Bonchev–Trinajstić information content (AvgIpc) is 2.55. The van der Waals surface area contributed by atoms with Gasteiger partial charge < -0.3 is 11.1 Å². The number of amides is 1. The Morgan fingerprint density at radius 3 is 2.29 bits per heavy atom. The van der Waals surface area contributed by atoms with Crippen molar-refractivity contribution in [2.24, 2.45) is 28.4 Å². The van der Waals surface area contributed by atoms with Gasteiger partial charge in [-0.1, -0.05) is 39.8 Å². The van der Waals surface area contributed by atoms with E-state index >= 15 is 0 Å². The van der Waals surface area contributed by atoms with Crippen LogP contribution < -0.4 is 11.1 Å². The molecule has 0 aromatic carbocycles.